The van der Waals surface area contributed by atoms with E-state index in [0.717, 1.165) is 0 Å². The first-order valence-corrected chi connectivity index (χ1v) is 10.6. The lowest BCUT2D eigenvalue weighted by molar-refractivity contribution is -0.161. The molecule has 1 aromatic carbocycles. The first-order valence-electron chi connectivity index (χ1n) is 9.67. The molecule has 2 heterocycles. The number of hydrogen-bond acceptors (Lipinski definition) is 9. The minimum atomic E-state index is -1.62. The number of nitrogens with zero attached hydrogens (tertiary/aromatic N) is 1. The van der Waals surface area contributed by atoms with E-state index in [1.807, 2.05) is 52.8 Å². The maximum absolute atomic E-state index is 12.8. The number of methoxy groups -OCH3 is 1. The number of cyclic esters (lactones) is 1. The summed E-state index contributed by atoms with van der Waals surface area (Å²) in [5, 5.41) is 2.53. The molecule has 3 atom stereocenters. The molecule has 1 saturated heterocycles. The molecule has 0 bridgehead atoms. The zero-order valence-corrected chi connectivity index (χ0v) is 18.9. The monoisotopic (exact) mass is 436 g/mol. The van der Waals surface area contributed by atoms with E-state index in [9.17, 15) is 9.59 Å². The second kappa shape index (κ2) is 8.20. The van der Waals surface area contributed by atoms with Gasteiger partial charge in [-0.15, -0.1) is 11.8 Å². The van der Waals surface area contributed by atoms with Gasteiger partial charge < -0.3 is 18.9 Å². The molecular formula is C21H28N2O6S. The van der Waals surface area contributed by atoms with Crippen molar-refractivity contribution in [2.45, 2.75) is 62.1 Å². The predicted octanol–water partition coefficient (Wildman–Crippen LogP) is 2.51. The average molecular weight is 437 g/mol. The van der Waals surface area contributed by atoms with Crippen molar-refractivity contribution in [3.05, 3.63) is 30.3 Å². The molecule has 0 aliphatic carbocycles. The molecule has 3 unspecified atom stereocenters. The van der Waals surface area contributed by atoms with E-state index >= 15 is 0 Å². The van der Waals surface area contributed by atoms with Crippen molar-refractivity contribution in [1.82, 2.24) is 5.32 Å². The summed E-state index contributed by atoms with van der Waals surface area (Å²) in [6, 6.07) is 8.50. The van der Waals surface area contributed by atoms with Crippen LogP contribution in [0.4, 0.5) is 0 Å². The number of para-hydroxylation sites is 1. The van der Waals surface area contributed by atoms with Gasteiger partial charge in [0.25, 0.3) is 5.72 Å². The summed E-state index contributed by atoms with van der Waals surface area (Å²) in [5.41, 5.74) is -2.24. The summed E-state index contributed by atoms with van der Waals surface area (Å²) in [7, 11) is 1.39. The number of aliphatic imine (C=N–C) groups is 1. The quantitative estimate of drug-likeness (QED) is 0.680. The maximum Gasteiger partial charge on any atom is 0.371 e. The van der Waals surface area contributed by atoms with Crippen LogP contribution in [-0.4, -0.2) is 59.0 Å². The van der Waals surface area contributed by atoms with Gasteiger partial charge >= 0.3 is 11.9 Å². The second-order valence-corrected chi connectivity index (χ2v) is 10.4. The van der Waals surface area contributed by atoms with Crippen molar-refractivity contribution >= 4 is 29.6 Å². The van der Waals surface area contributed by atoms with Crippen molar-refractivity contribution in [2.24, 2.45) is 4.99 Å². The van der Waals surface area contributed by atoms with Crippen LogP contribution in [0.5, 0.6) is 5.75 Å². The van der Waals surface area contributed by atoms with Crippen LogP contribution in [0.15, 0.2) is 35.3 Å². The van der Waals surface area contributed by atoms with Crippen LogP contribution < -0.4 is 10.1 Å². The standard InChI is InChI=1S/C21H28N2O6S/c1-19(2,3)29-16(24)15-20(4,5)30-17(22-15)21(26-6)18(25)28-14(23-21)12-27-13-10-8-7-9-11-13/h7-11,15,17,22H,12H2,1-6H3. The molecule has 3 rings (SSSR count). The summed E-state index contributed by atoms with van der Waals surface area (Å²) in [6.07, 6.45) is 0. The number of esters is 2. The van der Waals surface area contributed by atoms with Gasteiger partial charge in [-0.25, -0.2) is 9.79 Å². The topological polar surface area (TPSA) is 95.5 Å². The number of rotatable bonds is 6. The lowest BCUT2D eigenvalue weighted by Crippen LogP contribution is -2.54. The fourth-order valence-corrected chi connectivity index (χ4v) is 4.74. The molecular weight excluding hydrogens is 408 g/mol. The number of benzene rings is 1. The van der Waals surface area contributed by atoms with Gasteiger partial charge in [0.1, 0.15) is 22.8 Å². The van der Waals surface area contributed by atoms with Gasteiger partial charge in [0, 0.05) is 11.9 Å². The molecule has 0 spiro atoms. The number of carbonyl (C=O) groups is 2. The van der Waals surface area contributed by atoms with E-state index in [1.165, 1.54) is 18.9 Å². The summed E-state index contributed by atoms with van der Waals surface area (Å²) < 4.78 is 21.5. The Morgan fingerprint density at radius 1 is 1.27 bits per heavy atom. The molecule has 1 aromatic rings. The normalized spacial score (nSPS) is 28.1. The summed E-state index contributed by atoms with van der Waals surface area (Å²) in [5.74, 6) is -0.295. The van der Waals surface area contributed by atoms with Gasteiger partial charge in [-0.3, -0.25) is 10.1 Å². The average Bonchev–Trinajstić information content (AvgIpc) is 3.16. The van der Waals surface area contributed by atoms with Gasteiger partial charge in [-0.2, -0.15) is 0 Å². The molecule has 2 aliphatic rings. The highest BCUT2D eigenvalue weighted by Gasteiger charge is 2.61. The third-order valence-electron chi connectivity index (χ3n) is 4.64. The Hall–Kier alpha value is -2.10. The van der Waals surface area contributed by atoms with Crippen molar-refractivity contribution in [3.8, 4) is 5.75 Å². The van der Waals surface area contributed by atoms with Crippen LogP contribution in [0.1, 0.15) is 34.6 Å². The number of carbonyl (C=O) groups excluding carboxylic acids is 2. The Morgan fingerprint density at radius 2 is 1.93 bits per heavy atom. The minimum Gasteiger partial charge on any atom is -0.484 e. The maximum atomic E-state index is 12.8. The Labute approximate surface area is 180 Å². The molecule has 30 heavy (non-hydrogen) atoms. The Morgan fingerprint density at radius 3 is 2.53 bits per heavy atom. The summed E-state index contributed by atoms with van der Waals surface area (Å²) >= 11 is 1.39. The third kappa shape index (κ3) is 4.63. The van der Waals surface area contributed by atoms with E-state index in [0.29, 0.717) is 5.75 Å². The molecule has 0 saturated carbocycles. The van der Waals surface area contributed by atoms with Crippen molar-refractivity contribution in [3.63, 3.8) is 0 Å². The highest BCUT2D eigenvalue weighted by Crippen LogP contribution is 2.45. The van der Waals surface area contributed by atoms with E-state index in [1.54, 1.807) is 12.1 Å². The van der Waals surface area contributed by atoms with Crippen LogP contribution in [0, 0.1) is 0 Å². The number of hydrogen-bond donors (Lipinski definition) is 1. The van der Waals surface area contributed by atoms with Gasteiger partial charge in [-0.1, -0.05) is 18.2 Å². The largest absolute Gasteiger partial charge is 0.484 e. The van der Waals surface area contributed by atoms with Crippen molar-refractivity contribution in [1.29, 1.82) is 0 Å². The van der Waals surface area contributed by atoms with Crippen LogP contribution in [0.25, 0.3) is 0 Å². The van der Waals surface area contributed by atoms with Crippen LogP contribution >= 0.6 is 11.8 Å². The lowest BCUT2D eigenvalue weighted by Gasteiger charge is -2.27. The zero-order chi connectivity index (χ0) is 22.2. The van der Waals surface area contributed by atoms with Crippen LogP contribution in [-0.2, 0) is 23.8 Å². The molecule has 0 aromatic heterocycles. The Kier molecular flexibility index (Phi) is 6.18. The predicted molar refractivity (Wildman–Crippen MR) is 113 cm³/mol. The minimum absolute atomic E-state index is 0.0167. The fraction of sp³-hybridized carbons (Fsp3) is 0.571. The van der Waals surface area contributed by atoms with Crippen LogP contribution in [0.2, 0.25) is 0 Å². The molecule has 2 aliphatic heterocycles. The van der Waals surface area contributed by atoms with E-state index in [4.69, 9.17) is 18.9 Å². The van der Waals surface area contributed by atoms with Crippen molar-refractivity contribution in [2.75, 3.05) is 13.7 Å². The van der Waals surface area contributed by atoms with Gasteiger partial charge in [0.2, 0.25) is 5.90 Å². The van der Waals surface area contributed by atoms with Crippen molar-refractivity contribution < 1.29 is 28.5 Å². The van der Waals surface area contributed by atoms with Gasteiger partial charge in [0.05, 0.1) is 0 Å². The van der Waals surface area contributed by atoms with E-state index in [2.05, 4.69) is 10.3 Å². The molecule has 1 fully saturated rings. The molecule has 9 heteroatoms. The number of thioether (sulfide) groups is 1. The van der Waals surface area contributed by atoms with Crippen LogP contribution in [0.3, 0.4) is 0 Å². The molecule has 164 valence electrons. The first-order chi connectivity index (χ1) is 14.0. The molecule has 0 amide bonds. The highest BCUT2D eigenvalue weighted by atomic mass is 32.2. The SMILES string of the molecule is COC1(C2NC(C(=O)OC(C)(C)C)C(C)(C)S2)N=C(COc2ccccc2)OC1=O. The summed E-state index contributed by atoms with van der Waals surface area (Å²) in [4.78, 5) is 29.9. The van der Waals surface area contributed by atoms with Gasteiger partial charge in [0.15, 0.2) is 6.61 Å². The lowest BCUT2D eigenvalue weighted by atomic mass is 10.0. The number of nitrogens with one attached hydrogen (secondary N) is 1. The Balaban J connectivity index is 1.77. The third-order valence-corrected chi connectivity index (χ3v) is 6.18. The second-order valence-electron chi connectivity index (χ2n) is 8.63. The van der Waals surface area contributed by atoms with E-state index < -0.39 is 39.4 Å². The molecule has 8 nitrogen and oxygen atoms in total. The molecule has 1 N–H and O–H groups in total. The molecule has 0 radical (unpaired) electrons. The number of ether oxygens (including phenoxy) is 4. The first kappa shape index (κ1) is 22.6. The smallest absolute Gasteiger partial charge is 0.371 e. The van der Waals surface area contributed by atoms with Gasteiger partial charge in [-0.05, 0) is 46.8 Å². The fourth-order valence-electron chi connectivity index (χ4n) is 3.22. The highest BCUT2D eigenvalue weighted by molar-refractivity contribution is 8.01. The zero-order valence-electron chi connectivity index (χ0n) is 18.1. The van der Waals surface area contributed by atoms with E-state index in [-0.39, 0.29) is 12.5 Å². The Bertz CT molecular complexity index is 836. The summed E-state index contributed by atoms with van der Waals surface area (Å²) in [6.45, 7) is 9.23.